The number of benzene rings is 2. The summed E-state index contributed by atoms with van der Waals surface area (Å²) in [6.07, 6.45) is 1.54. The van der Waals surface area contributed by atoms with Crippen LogP contribution in [-0.4, -0.2) is 27.1 Å². The monoisotopic (exact) mass is 339 g/mol. The molecule has 1 aliphatic rings. The Kier molecular flexibility index (Phi) is 4.48. The summed E-state index contributed by atoms with van der Waals surface area (Å²) in [7, 11) is 0. The molecule has 1 N–H and O–H groups in total. The van der Waals surface area contributed by atoms with Gasteiger partial charge in [0.2, 0.25) is 0 Å². The Morgan fingerprint density at radius 1 is 1.08 bits per heavy atom. The molecule has 6 heteroatoms. The molecule has 1 aliphatic heterocycles. The average Bonchev–Trinajstić information content (AvgIpc) is 2.83. The molecule has 1 saturated heterocycles. The highest BCUT2D eigenvalue weighted by molar-refractivity contribution is 8.18. The van der Waals surface area contributed by atoms with E-state index >= 15 is 0 Å². The van der Waals surface area contributed by atoms with Crippen LogP contribution in [0.25, 0.3) is 6.08 Å². The van der Waals surface area contributed by atoms with E-state index in [4.69, 9.17) is 5.11 Å². The lowest BCUT2D eigenvalue weighted by Crippen LogP contribution is -2.27. The summed E-state index contributed by atoms with van der Waals surface area (Å²) in [6, 6.07) is 15.5. The summed E-state index contributed by atoms with van der Waals surface area (Å²) < 4.78 is 0. The van der Waals surface area contributed by atoms with Crippen molar-refractivity contribution in [2.45, 2.75) is 6.54 Å². The quantitative estimate of drug-likeness (QED) is 0.861. The van der Waals surface area contributed by atoms with Crippen LogP contribution in [0.3, 0.4) is 0 Å². The highest BCUT2D eigenvalue weighted by atomic mass is 32.2. The Bertz CT molecular complexity index is 845. The molecule has 24 heavy (non-hydrogen) atoms. The third-order valence-corrected chi connectivity index (χ3v) is 4.40. The first-order valence-corrected chi connectivity index (χ1v) is 7.99. The second-order valence-electron chi connectivity index (χ2n) is 5.18. The number of thioether (sulfide) groups is 1. The zero-order chi connectivity index (χ0) is 17.1. The van der Waals surface area contributed by atoms with Gasteiger partial charge in [-0.1, -0.05) is 42.5 Å². The van der Waals surface area contributed by atoms with Crippen molar-refractivity contribution in [1.82, 2.24) is 4.90 Å². The minimum absolute atomic E-state index is 0.132. The number of imide groups is 1. The maximum atomic E-state index is 12.4. The van der Waals surface area contributed by atoms with Crippen molar-refractivity contribution in [2.75, 3.05) is 0 Å². The van der Waals surface area contributed by atoms with Gasteiger partial charge in [-0.25, -0.2) is 4.79 Å². The third kappa shape index (κ3) is 3.38. The lowest BCUT2D eigenvalue weighted by atomic mass is 10.1. The molecule has 120 valence electrons. The van der Waals surface area contributed by atoms with Gasteiger partial charge in [0.25, 0.3) is 11.1 Å². The number of carbonyl (C=O) groups excluding carboxylic acids is 2. The molecule has 0 aliphatic carbocycles. The highest BCUT2D eigenvalue weighted by Gasteiger charge is 2.34. The number of nitrogens with zero attached hydrogens (tertiary/aromatic N) is 1. The molecule has 0 saturated carbocycles. The minimum atomic E-state index is -1.04. The van der Waals surface area contributed by atoms with Crippen molar-refractivity contribution in [3.05, 3.63) is 76.2 Å². The number of carboxylic acid groups (broad SMARTS) is 1. The second-order valence-corrected chi connectivity index (χ2v) is 6.18. The van der Waals surface area contributed by atoms with Crippen LogP contribution in [0.4, 0.5) is 4.79 Å². The second kappa shape index (κ2) is 6.72. The van der Waals surface area contributed by atoms with E-state index in [0.29, 0.717) is 10.5 Å². The molecule has 0 unspecified atom stereocenters. The predicted molar refractivity (Wildman–Crippen MR) is 91.4 cm³/mol. The van der Waals surface area contributed by atoms with Gasteiger partial charge in [-0.15, -0.1) is 0 Å². The Labute approximate surface area is 142 Å². The van der Waals surface area contributed by atoms with Crippen LogP contribution in [0.5, 0.6) is 0 Å². The van der Waals surface area contributed by atoms with Crippen molar-refractivity contribution in [2.24, 2.45) is 0 Å². The van der Waals surface area contributed by atoms with E-state index in [2.05, 4.69) is 0 Å². The zero-order valence-electron chi connectivity index (χ0n) is 12.5. The summed E-state index contributed by atoms with van der Waals surface area (Å²) >= 11 is 0.861. The van der Waals surface area contributed by atoms with E-state index in [9.17, 15) is 14.4 Å². The maximum absolute atomic E-state index is 12.4. The van der Waals surface area contributed by atoms with E-state index in [-0.39, 0.29) is 23.3 Å². The van der Waals surface area contributed by atoms with Crippen molar-refractivity contribution < 1.29 is 19.5 Å². The molecule has 2 amide bonds. The molecule has 0 spiro atoms. The Balaban J connectivity index is 1.83. The standard InChI is InChI=1S/C18H13NO4S/c20-16-15(10-13-7-4-8-14(9-13)17(21)22)24-18(23)19(16)11-12-5-2-1-3-6-12/h1-10H,11H2,(H,21,22)/b15-10-. The number of carboxylic acids is 1. The number of hydrogen-bond donors (Lipinski definition) is 1. The van der Waals surface area contributed by atoms with E-state index in [1.807, 2.05) is 30.3 Å². The van der Waals surface area contributed by atoms with Gasteiger partial charge in [-0.3, -0.25) is 14.5 Å². The minimum Gasteiger partial charge on any atom is -0.478 e. The molecular weight excluding hydrogens is 326 g/mol. The van der Waals surface area contributed by atoms with Crippen molar-refractivity contribution in [3.63, 3.8) is 0 Å². The third-order valence-electron chi connectivity index (χ3n) is 3.49. The van der Waals surface area contributed by atoms with E-state index in [0.717, 1.165) is 17.3 Å². The molecule has 1 fully saturated rings. The summed E-state index contributed by atoms with van der Waals surface area (Å²) in [6.45, 7) is 0.220. The molecule has 2 aromatic rings. The van der Waals surface area contributed by atoms with Crippen LogP contribution >= 0.6 is 11.8 Å². The van der Waals surface area contributed by atoms with Crippen molar-refractivity contribution in [1.29, 1.82) is 0 Å². The van der Waals surface area contributed by atoms with E-state index < -0.39 is 5.97 Å². The number of amides is 2. The van der Waals surface area contributed by atoms with Gasteiger partial charge in [0.05, 0.1) is 17.0 Å². The SMILES string of the molecule is O=C(O)c1cccc(/C=C2\SC(=O)N(Cc3ccccc3)C2=O)c1. The summed E-state index contributed by atoms with van der Waals surface area (Å²) in [5.41, 5.74) is 1.57. The first kappa shape index (κ1) is 16.0. The average molecular weight is 339 g/mol. The highest BCUT2D eigenvalue weighted by Crippen LogP contribution is 2.33. The Hall–Kier alpha value is -2.86. The molecule has 0 radical (unpaired) electrons. The lowest BCUT2D eigenvalue weighted by molar-refractivity contribution is -0.123. The van der Waals surface area contributed by atoms with Crippen molar-refractivity contribution >= 4 is 35.0 Å². The fraction of sp³-hybridized carbons (Fsp3) is 0.0556. The lowest BCUT2D eigenvalue weighted by Gasteiger charge is -2.12. The topological polar surface area (TPSA) is 74.7 Å². The van der Waals surface area contributed by atoms with Gasteiger partial charge in [-0.2, -0.15) is 0 Å². The zero-order valence-corrected chi connectivity index (χ0v) is 13.3. The number of carbonyl (C=O) groups is 3. The van der Waals surface area contributed by atoms with Crippen LogP contribution in [0, 0.1) is 0 Å². The molecular formula is C18H13NO4S. The van der Waals surface area contributed by atoms with Gasteiger partial charge in [0, 0.05) is 0 Å². The fourth-order valence-corrected chi connectivity index (χ4v) is 3.15. The van der Waals surface area contributed by atoms with E-state index in [1.54, 1.807) is 18.2 Å². The van der Waals surface area contributed by atoms with Gasteiger partial charge in [0.15, 0.2) is 0 Å². The smallest absolute Gasteiger partial charge is 0.335 e. The molecule has 1 heterocycles. The number of rotatable bonds is 4. The summed E-state index contributed by atoms with van der Waals surface area (Å²) in [5.74, 6) is -1.41. The summed E-state index contributed by atoms with van der Waals surface area (Å²) in [4.78, 5) is 37.0. The van der Waals surface area contributed by atoms with Crippen LogP contribution in [0.15, 0.2) is 59.5 Å². The molecule has 3 rings (SSSR count). The van der Waals surface area contributed by atoms with Crippen molar-refractivity contribution in [3.8, 4) is 0 Å². The first-order chi connectivity index (χ1) is 11.5. The van der Waals surface area contributed by atoms with Gasteiger partial charge >= 0.3 is 5.97 Å². The van der Waals surface area contributed by atoms with Crippen LogP contribution in [-0.2, 0) is 11.3 Å². The number of hydrogen-bond acceptors (Lipinski definition) is 4. The van der Waals surface area contributed by atoms with Crippen LogP contribution < -0.4 is 0 Å². The molecule has 0 bridgehead atoms. The van der Waals surface area contributed by atoms with Gasteiger partial charge in [0.1, 0.15) is 0 Å². The van der Waals surface area contributed by atoms with Gasteiger partial charge < -0.3 is 5.11 Å². The number of aromatic carboxylic acids is 1. The Morgan fingerprint density at radius 3 is 2.54 bits per heavy atom. The van der Waals surface area contributed by atoms with E-state index in [1.165, 1.54) is 17.0 Å². The van der Waals surface area contributed by atoms with Crippen LogP contribution in [0.2, 0.25) is 0 Å². The normalized spacial score (nSPS) is 16.0. The molecule has 0 aromatic heterocycles. The molecule has 0 atom stereocenters. The van der Waals surface area contributed by atoms with Crippen LogP contribution in [0.1, 0.15) is 21.5 Å². The molecule has 5 nitrogen and oxygen atoms in total. The predicted octanol–water partition coefficient (Wildman–Crippen LogP) is 3.62. The van der Waals surface area contributed by atoms with Gasteiger partial charge in [-0.05, 0) is 41.1 Å². The largest absolute Gasteiger partial charge is 0.478 e. The summed E-state index contributed by atoms with van der Waals surface area (Å²) in [5, 5.41) is 8.69. The molecule has 2 aromatic carbocycles. The Morgan fingerprint density at radius 2 is 1.83 bits per heavy atom. The first-order valence-electron chi connectivity index (χ1n) is 7.17. The fourth-order valence-electron chi connectivity index (χ4n) is 2.32. The maximum Gasteiger partial charge on any atom is 0.335 e.